The van der Waals surface area contributed by atoms with Crippen LogP contribution in [0.15, 0.2) is 186 Å². The van der Waals surface area contributed by atoms with Gasteiger partial charge in [0.25, 0.3) is 0 Å². The normalized spacial score (nSPS) is 13.2. The Morgan fingerprint density at radius 3 is 1.77 bits per heavy atom. The van der Waals surface area contributed by atoms with Gasteiger partial charge in [0.05, 0.1) is 0 Å². The number of furan rings is 1. The topological polar surface area (TPSA) is 16.4 Å². The Balaban J connectivity index is 1.09. The van der Waals surface area contributed by atoms with E-state index in [-0.39, 0.29) is 5.41 Å². The molecule has 250 valence electrons. The molecule has 3 heteroatoms. The van der Waals surface area contributed by atoms with Crippen molar-refractivity contribution < 1.29 is 4.42 Å². The molecule has 0 saturated carbocycles. The molecule has 1 aliphatic carbocycles. The molecule has 11 rings (SSSR count). The second-order valence-corrected chi connectivity index (χ2v) is 15.3. The van der Waals surface area contributed by atoms with E-state index in [2.05, 4.69) is 194 Å². The monoisotopic (exact) mass is 695 g/mol. The summed E-state index contributed by atoms with van der Waals surface area (Å²) in [5.74, 6) is 0. The summed E-state index contributed by atoms with van der Waals surface area (Å²) in [5.41, 5.74) is 13.8. The van der Waals surface area contributed by atoms with Crippen LogP contribution in [-0.2, 0) is 5.41 Å². The summed E-state index contributed by atoms with van der Waals surface area (Å²) < 4.78 is 9.11. The van der Waals surface area contributed by atoms with Crippen LogP contribution in [-0.4, -0.2) is 0 Å². The second-order valence-electron chi connectivity index (χ2n) is 14.2. The number of rotatable bonds is 5. The van der Waals surface area contributed by atoms with E-state index in [4.69, 9.17) is 4.42 Å². The Morgan fingerprint density at radius 1 is 0.434 bits per heavy atom. The van der Waals surface area contributed by atoms with Crippen LogP contribution in [0.5, 0.6) is 0 Å². The molecule has 0 N–H and O–H groups in total. The van der Waals surface area contributed by atoms with Crippen molar-refractivity contribution in [1.82, 2.24) is 0 Å². The summed E-state index contributed by atoms with van der Waals surface area (Å²) >= 11 is 1.85. The lowest BCUT2D eigenvalue weighted by atomic mass is 9.74. The van der Waals surface area contributed by atoms with E-state index in [9.17, 15) is 0 Å². The van der Waals surface area contributed by atoms with Crippen LogP contribution in [0.25, 0.3) is 64.4 Å². The van der Waals surface area contributed by atoms with Gasteiger partial charge in [0.2, 0.25) is 0 Å². The lowest BCUT2D eigenvalue weighted by molar-refractivity contribution is 0.667. The van der Waals surface area contributed by atoms with Crippen LogP contribution < -0.4 is 4.90 Å². The van der Waals surface area contributed by atoms with E-state index in [1.54, 1.807) is 0 Å². The first-order chi connectivity index (χ1) is 26.1. The number of anilines is 3. The minimum absolute atomic E-state index is 0.283. The van der Waals surface area contributed by atoms with Crippen molar-refractivity contribution in [3.63, 3.8) is 0 Å². The number of hydrogen-bond acceptors (Lipinski definition) is 3. The summed E-state index contributed by atoms with van der Waals surface area (Å²) in [6.07, 6.45) is 0. The summed E-state index contributed by atoms with van der Waals surface area (Å²) in [4.78, 5) is 2.38. The standard InChI is InChI=1S/C50H33NOS/c1-50(44-16-8-5-13-38(44)39-14-6-9-17-45(39)50)34-21-27-46-42(29-34)43-30-36(25-28-47(43)52-46)51(35-22-19-33(20-23-35)32-11-3-2-4-12-32)37-24-26-41-40-15-7-10-18-48(40)53-49(41)31-37/h2-31H,1H3. The van der Waals surface area contributed by atoms with Crippen LogP contribution in [0.2, 0.25) is 0 Å². The van der Waals surface area contributed by atoms with Crippen LogP contribution in [0, 0.1) is 0 Å². The summed E-state index contributed by atoms with van der Waals surface area (Å²) in [6, 6.07) is 66.2. The third-order valence-corrected chi connectivity index (χ3v) is 12.5. The Kier molecular flexibility index (Phi) is 6.58. The van der Waals surface area contributed by atoms with E-state index in [0.29, 0.717) is 0 Å². The van der Waals surface area contributed by atoms with Gasteiger partial charge in [-0.25, -0.2) is 0 Å². The number of hydrogen-bond donors (Lipinski definition) is 0. The molecular formula is C50H33NOS. The summed E-state index contributed by atoms with van der Waals surface area (Å²) in [6.45, 7) is 2.37. The van der Waals surface area contributed by atoms with Crippen molar-refractivity contribution in [1.29, 1.82) is 0 Å². The van der Waals surface area contributed by atoms with Crippen LogP contribution in [0.3, 0.4) is 0 Å². The molecule has 2 nitrogen and oxygen atoms in total. The molecule has 0 unspecified atom stereocenters. The highest BCUT2D eigenvalue weighted by Crippen LogP contribution is 2.53. The fraction of sp³-hybridized carbons (Fsp3) is 0.0400. The smallest absolute Gasteiger partial charge is 0.135 e. The molecule has 0 atom stereocenters. The number of benzene rings is 8. The van der Waals surface area contributed by atoms with Gasteiger partial charge in [-0.3, -0.25) is 0 Å². The van der Waals surface area contributed by atoms with Crippen molar-refractivity contribution >= 4 is 70.5 Å². The van der Waals surface area contributed by atoms with Gasteiger partial charge in [0, 0.05) is 53.4 Å². The van der Waals surface area contributed by atoms with Gasteiger partial charge in [-0.1, -0.05) is 121 Å². The van der Waals surface area contributed by atoms with Crippen LogP contribution in [0.4, 0.5) is 17.1 Å². The van der Waals surface area contributed by atoms with Gasteiger partial charge in [0.15, 0.2) is 0 Å². The molecule has 0 aliphatic heterocycles. The van der Waals surface area contributed by atoms with Crippen molar-refractivity contribution in [3.05, 3.63) is 199 Å². The van der Waals surface area contributed by atoms with E-state index in [1.807, 2.05) is 11.3 Å². The molecule has 0 radical (unpaired) electrons. The Bertz CT molecular complexity index is 2980. The zero-order valence-electron chi connectivity index (χ0n) is 29.1. The highest BCUT2D eigenvalue weighted by Gasteiger charge is 2.40. The third-order valence-electron chi connectivity index (χ3n) is 11.4. The first-order valence-electron chi connectivity index (χ1n) is 18.2. The first-order valence-corrected chi connectivity index (χ1v) is 19.0. The van der Waals surface area contributed by atoms with E-state index < -0.39 is 0 Å². The molecule has 0 fully saturated rings. The van der Waals surface area contributed by atoms with Gasteiger partial charge < -0.3 is 9.32 Å². The maximum absolute atomic E-state index is 6.53. The molecule has 0 saturated heterocycles. The van der Waals surface area contributed by atoms with E-state index in [0.717, 1.165) is 39.0 Å². The maximum Gasteiger partial charge on any atom is 0.135 e. The number of thiophene rings is 1. The minimum atomic E-state index is -0.283. The van der Waals surface area contributed by atoms with Crippen molar-refractivity contribution in [3.8, 4) is 22.3 Å². The lowest BCUT2D eigenvalue weighted by Crippen LogP contribution is -2.22. The van der Waals surface area contributed by atoms with Gasteiger partial charge in [-0.05, 0) is 107 Å². The molecule has 10 aromatic rings. The fourth-order valence-corrected chi connectivity index (χ4v) is 9.85. The fourth-order valence-electron chi connectivity index (χ4n) is 8.71. The van der Waals surface area contributed by atoms with E-state index in [1.165, 1.54) is 59.1 Å². The Labute approximate surface area is 311 Å². The predicted molar refractivity (Wildman–Crippen MR) is 224 cm³/mol. The average molecular weight is 696 g/mol. The van der Waals surface area contributed by atoms with Crippen molar-refractivity contribution in [2.45, 2.75) is 12.3 Å². The molecule has 0 bridgehead atoms. The average Bonchev–Trinajstić information content (AvgIpc) is 3.86. The highest BCUT2D eigenvalue weighted by molar-refractivity contribution is 7.25. The minimum Gasteiger partial charge on any atom is -0.456 e. The van der Waals surface area contributed by atoms with Crippen LogP contribution in [0.1, 0.15) is 23.6 Å². The van der Waals surface area contributed by atoms with Crippen molar-refractivity contribution in [2.75, 3.05) is 4.90 Å². The first kappa shape index (κ1) is 30.2. The van der Waals surface area contributed by atoms with Crippen molar-refractivity contribution in [2.24, 2.45) is 0 Å². The quantitative estimate of drug-likeness (QED) is 0.178. The number of nitrogens with zero attached hydrogens (tertiary/aromatic N) is 1. The Hall–Kier alpha value is -6.42. The van der Waals surface area contributed by atoms with Gasteiger partial charge >= 0.3 is 0 Å². The zero-order valence-corrected chi connectivity index (χ0v) is 29.9. The predicted octanol–water partition coefficient (Wildman–Crippen LogP) is 14.4. The summed E-state index contributed by atoms with van der Waals surface area (Å²) in [7, 11) is 0. The largest absolute Gasteiger partial charge is 0.456 e. The number of fused-ring (bicyclic) bond motifs is 9. The van der Waals surface area contributed by atoms with E-state index >= 15 is 0 Å². The molecule has 1 aliphatic rings. The molecule has 53 heavy (non-hydrogen) atoms. The van der Waals surface area contributed by atoms with Gasteiger partial charge in [-0.15, -0.1) is 11.3 Å². The molecule has 0 spiro atoms. The third kappa shape index (κ3) is 4.57. The molecule has 2 aromatic heterocycles. The molecule has 8 aromatic carbocycles. The molecule has 0 amide bonds. The van der Waals surface area contributed by atoms with Gasteiger partial charge in [0.1, 0.15) is 11.2 Å². The Morgan fingerprint density at radius 2 is 1.00 bits per heavy atom. The zero-order chi connectivity index (χ0) is 35.1. The maximum atomic E-state index is 6.53. The lowest BCUT2D eigenvalue weighted by Gasteiger charge is -2.28. The molecular weight excluding hydrogens is 663 g/mol. The molecule has 2 heterocycles. The summed E-state index contributed by atoms with van der Waals surface area (Å²) in [5, 5.41) is 4.83. The second kappa shape index (κ2) is 11.5. The van der Waals surface area contributed by atoms with Gasteiger partial charge in [-0.2, -0.15) is 0 Å². The highest BCUT2D eigenvalue weighted by atomic mass is 32.1. The SMILES string of the molecule is CC1(c2ccc3oc4ccc(N(c5ccc(-c6ccccc6)cc5)c5ccc6c(c5)sc5ccccc56)cc4c3c2)c2ccccc2-c2ccccc21. The van der Waals surface area contributed by atoms with Crippen LogP contribution >= 0.6 is 11.3 Å².